The van der Waals surface area contributed by atoms with Crippen LogP contribution in [-0.2, 0) is 9.53 Å². The van der Waals surface area contributed by atoms with Gasteiger partial charge in [0.05, 0.1) is 13.7 Å². The molecule has 0 saturated carbocycles. The van der Waals surface area contributed by atoms with Gasteiger partial charge in [-0.1, -0.05) is 6.92 Å². The maximum Gasteiger partial charge on any atom is 0.319 e. The number of hydrogen-bond donors (Lipinski definition) is 1. The van der Waals surface area contributed by atoms with Crippen molar-refractivity contribution in [2.24, 2.45) is 0 Å². The second kappa shape index (κ2) is 7.16. The highest BCUT2D eigenvalue weighted by Gasteiger charge is 2.20. The van der Waals surface area contributed by atoms with Crippen LogP contribution >= 0.6 is 11.8 Å². The Morgan fingerprint density at radius 1 is 1.44 bits per heavy atom. The number of benzene rings is 1. The lowest BCUT2D eigenvalue weighted by Gasteiger charge is -2.15. The Balaban J connectivity index is 2.83. The molecule has 1 aromatic rings. The molecule has 0 fully saturated rings. The predicted molar refractivity (Wildman–Crippen MR) is 74.0 cm³/mol. The Morgan fingerprint density at radius 3 is 2.72 bits per heavy atom. The molecule has 18 heavy (non-hydrogen) atoms. The number of nitrogen functional groups attached to an aromatic ring is 1. The number of methoxy groups -OCH3 is 1. The lowest BCUT2D eigenvalue weighted by molar-refractivity contribution is -0.142. The van der Waals surface area contributed by atoms with Crippen LogP contribution in [-0.4, -0.2) is 24.9 Å². The fourth-order valence-corrected chi connectivity index (χ4v) is 2.46. The van der Waals surface area contributed by atoms with E-state index in [1.54, 1.807) is 26.2 Å². The third-order valence-corrected chi connectivity index (χ3v) is 3.83. The van der Waals surface area contributed by atoms with E-state index in [2.05, 4.69) is 0 Å². The van der Waals surface area contributed by atoms with Gasteiger partial charge in [0.2, 0.25) is 0 Å². The number of hydrogen-bond acceptors (Lipinski definition) is 5. The molecule has 1 unspecified atom stereocenters. The van der Waals surface area contributed by atoms with Gasteiger partial charge in [-0.3, -0.25) is 4.79 Å². The number of carbonyl (C=O) groups excluding carboxylic acids is 1. The first-order valence-corrected chi connectivity index (χ1v) is 6.77. The third-order valence-electron chi connectivity index (χ3n) is 2.41. The van der Waals surface area contributed by atoms with Crippen LogP contribution in [0.1, 0.15) is 20.3 Å². The van der Waals surface area contributed by atoms with Crippen molar-refractivity contribution in [1.29, 1.82) is 0 Å². The van der Waals surface area contributed by atoms with Gasteiger partial charge in [0, 0.05) is 10.6 Å². The molecule has 0 aromatic heterocycles. The smallest absolute Gasteiger partial charge is 0.319 e. The summed E-state index contributed by atoms with van der Waals surface area (Å²) in [6.45, 7) is 4.14. The van der Waals surface area contributed by atoms with E-state index >= 15 is 0 Å². The van der Waals surface area contributed by atoms with Crippen molar-refractivity contribution >= 4 is 23.4 Å². The molecule has 0 aliphatic rings. The molecule has 0 amide bonds. The SMILES string of the molecule is CCOC(=O)C(CC)Sc1cc(OC)ccc1N. The van der Waals surface area contributed by atoms with E-state index in [0.717, 1.165) is 10.6 Å². The number of anilines is 1. The van der Waals surface area contributed by atoms with Crippen LogP contribution in [0.3, 0.4) is 0 Å². The fourth-order valence-electron chi connectivity index (χ4n) is 1.43. The predicted octanol–water partition coefficient (Wildman–Crippen LogP) is 2.71. The largest absolute Gasteiger partial charge is 0.497 e. The van der Waals surface area contributed by atoms with Crippen molar-refractivity contribution in [2.45, 2.75) is 30.4 Å². The van der Waals surface area contributed by atoms with Crippen molar-refractivity contribution in [3.63, 3.8) is 0 Å². The Morgan fingerprint density at radius 2 is 2.17 bits per heavy atom. The Kier molecular flexibility index (Phi) is 5.85. The van der Waals surface area contributed by atoms with Gasteiger partial charge in [0.25, 0.3) is 0 Å². The van der Waals surface area contributed by atoms with Crippen LogP contribution in [0.25, 0.3) is 0 Å². The zero-order chi connectivity index (χ0) is 13.5. The molecule has 0 heterocycles. The lowest BCUT2D eigenvalue weighted by Crippen LogP contribution is -2.19. The van der Waals surface area contributed by atoms with Crippen LogP contribution in [0.2, 0.25) is 0 Å². The van der Waals surface area contributed by atoms with Gasteiger partial charge >= 0.3 is 5.97 Å². The average Bonchev–Trinajstić information content (AvgIpc) is 2.38. The summed E-state index contributed by atoms with van der Waals surface area (Å²) >= 11 is 1.41. The quantitative estimate of drug-likeness (QED) is 0.489. The summed E-state index contributed by atoms with van der Waals surface area (Å²) in [5.74, 6) is 0.526. The normalized spacial score (nSPS) is 11.9. The summed E-state index contributed by atoms with van der Waals surface area (Å²) < 4.78 is 10.2. The van der Waals surface area contributed by atoms with Gasteiger partial charge in [0.1, 0.15) is 11.0 Å². The number of thioether (sulfide) groups is 1. The van der Waals surface area contributed by atoms with Gasteiger partial charge in [-0.2, -0.15) is 0 Å². The molecule has 0 aliphatic carbocycles. The summed E-state index contributed by atoms with van der Waals surface area (Å²) in [5.41, 5.74) is 6.53. The maximum absolute atomic E-state index is 11.7. The minimum Gasteiger partial charge on any atom is -0.497 e. The second-order valence-corrected chi connectivity index (χ2v) is 4.92. The summed E-state index contributed by atoms with van der Waals surface area (Å²) in [7, 11) is 1.60. The highest BCUT2D eigenvalue weighted by molar-refractivity contribution is 8.00. The van der Waals surface area contributed by atoms with Crippen molar-refractivity contribution in [3.8, 4) is 5.75 Å². The average molecular weight is 269 g/mol. The van der Waals surface area contributed by atoms with E-state index in [9.17, 15) is 4.79 Å². The first kappa shape index (κ1) is 14.7. The van der Waals surface area contributed by atoms with E-state index in [0.29, 0.717) is 18.7 Å². The fraction of sp³-hybridized carbons (Fsp3) is 0.462. The molecule has 4 nitrogen and oxygen atoms in total. The zero-order valence-corrected chi connectivity index (χ0v) is 11.8. The second-order valence-electron chi connectivity index (χ2n) is 3.67. The summed E-state index contributed by atoms with van der Waals surface area (Å²) in [6.07, 6.45) is 0.695. The van der Waals surface area contributed by atoms with Crippen molar-refractivity contribution < 1.29 is 14.3 Å². The summed E-state index contributed by atoms with van der Waals surface area (Å²) in [4.78, 5) is 12.6. The number of carbonyl (C=O) groups is 1. The summed E-state index contributed by atoms with van der Waals surface area (Å²) in [5, 5.41) is -0.237. The number of nitrogens with two attached hydrogens (primary N) is 1. The van der Waals surface area contributed by atoms with E-state index in [1.165, 1.54) is 11.8 Å². The van der Waals surface area contributed by atoms with Crippen molar-refractivity contribution in [3.05, 3.63) is 18.2 Å². The van der Waals surface area contributed by atoms with Crippen LogP contribution in [0.5, 0.6) is 5.75 Å². The number of ether oxygens (including phenoxy) is 2. The third kappa shape index (κ3) is 3.84. The molecular formula is C13H19NO3S. The lowest BCUT2D eigenvalue weighted by atomic mass is 10.3. The molecule has 1 rings (SSSR count). The minimum absolute atomic E-state index is 0.202. The van der Waals surface area contributed by atoms with Gasteiger partial charge in [0.15, 0.2) is 0 Å². The first-order chi connectivity index (χ1) is 8.62. The first-order valence-electron chi connectivity index (χ1n) is 5.89. The van der Waals surface area contributed by atoms with Gasteiger partial charge in [-0.05, 0) is 31.5 Å². The molecule has 0 radical (unpaired) electrons. The maximum atomic E-state index is 11.7. The van der Waals surface area contributed by atoms with Gasteiger partial charge < -0.3 is 15.2 Å². The molecule has 1 atom stereocenters. The zero-order valence-electron chi connectivity index (χ0n) is 10.9. The van der Waals surface area contributed by atoms with E-state index in [1.807, 2.05) is 13.0 Å². The molecule has 1 aromatic carbocycles. The molecule has 0 spiro atoms. The van der Waals surface area contributed by atoms with Crippen LogP contribution in [0.15, 0.2) is 23.1 Å². The van der Waals surface area contributed by atoms with E-state index in [4.69, 9.17) is 15.2 Å². The summed E-state index contributed by atoms with van der Waals surface area (Å²) in [6, 6.07) is 5.41. The Labute approximate surface area is 112 Å². The highest BCUT2D eigenvalue weighted by Crippen LogP contribution is 2.33. The van der Waals surface area contributed by atoms with Crippen molar-refractivity contribution in [2.75, 3.05) is 19.5 Å². The Hall–Kier alpha value is -1.36. The van der Waals surface area contributed by atoms with Crippen LogP contribution in [0, 0.1) is 0 Å². The molecule has 5 heteroatoms. The molecule has 2 N–H and O–H groups in total. The Bertz CT molecular complexity index is 409. The standard InChI is InChI=1S/C13H19NO3S/c1-4-11(13(15)17-5-2)18-12-8-9(16-3)6-7-10(12)14/h6-8,11H,4-5,14H2,1-3H3. The van der Waals surface area contributed by atoms with E-state index < -0.39 is 0 Å². The van der Waals surface area contributed by atoms with Gasteiger partial charge in [-0.25, -0.2) is 0 Å². The van der Waals surface area contributed by atoms with Crippen molar-refractivity contribution in [1.82, 2.24) is 0 Å². The molecule has 100 valence electrons. The number of rotatable bonds is 6. The molecular weight excluding hydrogens is 250 g/mol. The molecule has 0 aliphatic heterocycles. The van der Waals surface area contributed by atoms with Crippen LogP contribution < -0.4 is 10.5 Å². The minimum atomic E-state index is -0.237. The number of esters is 1. The van der Waals surface area contributed by atoms with Crippen LogP contribution in [0.4, 0.5) is 5.69 Å². The molecule has 0 saturated heterocycles. The van der Waals surface area contributed by atoms with E-state index in [-0.39, 0.29) is 11.2 Å². The topological polar surface area (TPSA) is 61.5 Å². The monoisotopic (exact) mass is 269 g/mol. The van der Waals surface area contributed by atoms with Gasteiger partial charge in [-0.15, -0.1) is 11.8 Å². The molecule has 0 bridgehead atoms. The highest BCUT2D eigenvalue weighted by atomic mass is 32.2.